The van der Waals surface area contributed by atoms with Crippen LogP contribution >= 0.6 is 22.9 Å². The number of benzene rings is 1. The van der Waals surface area contributed by atoms with E-state index in [1.54, 1.807) is 11.3 Å². The second-order valence-corrected chi connectivity index (χ2v) is 5.85. The molecule has 0 aliphatic carbocycles. The van der Waals surface area contributed by atoms with Crippen molar-refractivity contribution in [1.29, 1.82) is 0 Å². The molecule has 1 unspecified atom stereocenters. The Balaban J connectivity index is 2.34. The Bertz CT molecular complexity index is 537. The molecule has 0 spiro atoms. The maximum Gasteiger partial charge on any atom is 0.0656 e. The van der Waals surface area contributed by atoms with Crippen LogP contribution in [0.2, 0.25) is 5.02 Å². The smallest absolute Gasteiger partial charge is 0.0656 e. The Morgan fingerprint density at radius 1 is 1.39 bits per heavy atom. The monoisotopic (exact) mass is 280 g/mol. The topological polar surface area (TPSA) is 29.3 Å². The molecule has 2 rings (SSSR count). The first-order chi connectivity index (χ1) is 8.50. The van der Waals surface area contributed by atoms with Crippen LogP contribution in [0.3, 0.4) is 0 Å². The molecule has 18 heavy (non-hydrogen) atoms. The van der Waals surface area contributed by atoms with E-state index in [-0.39, 0.29) is 0 Å². The van der Waals surface area contributed by atoms with E-state index in [4.69, 9.17) is 17.3 Å². The van der Waals surface area contributed by atoms with E-state index < -0.39 is 0 Å². The number of halogens is 1. The van der Waals surface area contributed by atoms with Crippen LogP contribution in [0.1, 0.15) is 23.4 Å². The lowest BCUT2D eigenvalue weighted by molar-refractivity contribution is 0.752. The van der Waals surface area contributed by atoms with Crippen LogP contribution in [0.5, 0.6) is 0 Å². The SMILES string of the molecule is Cc1cc(N)c(Cl)cc1N(C)C(C)c1cccs1. The summed E-state index contributed by atoms with van der Waals surface area (Å²) in [7, 11) is 2.08. The van der Waals surface area contributed by atoms with E-state index >= 15 is 0 Å². The normalized spacial score (nSPS) is 12.4. The van der Waals surface area contributed by atoms with Crippen molar-refractivity contribution in [3.8, 4) is 0 Å². The van der Waals surface area contributed by atoms with Gasteiger partial charge in [-0.25, -0.2) is 0 Å². The molecule has 0 bridgehead atoms. The van der Waals surface area contributed by atoms with Gasteiger partial charge in [0, 0.05) is 17.6 Å². The van der Waals surface area contributed by atoms with Crippen LogP contribution < -0.4 is 10.6 Å². The predicted molar refractivity (Wildman–Crippen MR) is 81.7 cm³/mol. The minimum Gasteiger partial charge on any atom is -0.398 e. The second-order valence-electron chi connectivity index (χ2n) is 4.46. The van der Waals surface area contributed by atoms with Gasteiger partial charge in [-0.3, -0.25) is 0 Å². The Morgan fingerprint density at radius 2 is 2.11 bits per heavy atom. The maximum atomic E-state index is 6.11. The molecule has 1 aromatic heterocycles. The summed E-state index contributed by atoms with van der Waals surface area (Å²) in [5.41, 5.74) is 8.71. The number of hydrogen-bond donors (Lipinski definition) is 1. The summed E-state index contributed by atoms with van der Waals surface area (Å²) in [6.45, 7) is 4.25. The van der Waals surface area contributed by atoms with Gasteiger partial charge in [0.15, 0.2) is 0 Å². The van der Waals surface area contributed by atoms with E-state index in [1.165, 1.54) is 4.88 Å². The van der Waals surface area contributed by atoms with Crippen molar-refractivity contribution in [2.75, 3.05) is 17.7 Å². The molecule has 4 heteroatoms. The van der Waals surface area contributed by atoms with Crippen LogP contribution in [0.4, 0.5) is 11.4 Å². The molecule has 2 aromatic rings. The van der Waals surface area contributed by atoms with Gasteiger partial charge in [-0.1, -0.05) is 17.7 Å². The molecule has 1 aromatic carbocycles. The number of nitrogen functional groups attached to an aromatic ring is 1. The van der Waals surface area contributed by atoms with E-state index in [1.807, 2.05) is 12.1 Å². The summed E-state index contributed by atoms with van der Waals surface area (Å²) in [5.74, 6) is 0. The second kappa shape index (κ2) is 5.21. The van der Waals surface area contributed by atoms with E-state index in [2.05, 4.69) is 43.3 Å². The largest absolute Gasteiger partial charge is 0.398 e. The molecule has 96 valence electrons. The van der Waals surface area contributed by atoms with Gasteiger partial charge in [0.2, 0.25) is 0 Å². The zero-order valence-electron chi connectivity index (χ0n) is 10.8. The number of hydrogen-bond acceptors (Lipinski definition) is 3. The Morgan fingerprint density at radius 3 is 2.72 bits per heavy atom. The molecule has 0 aliphatic heterocycles. The van der Waals surface area contributed by atoms with Gasteiger partial charge in [0.1, 0.15) is 0 Å². The minimum absolute atomic E-state index is 0.323. The van der Waals surface area contributed by atoms with Crippen LogP contribution in [0.25, 0.3) is 0 Å². The fourth-order valence-corrected chi connectivity index (χ4v) is 2.99. The lowest BCUT2D eigenvalue weighted by Crippen LogP contribution is -2.21. The number of nitrogens with zero attached hydrogens (tertiary/aromatic N) is 1. The fourth-order valence-electron chi connectivity index (χ4n) is 2.00. The highest BCUT2D eigenvalue weighted by Crippen LogP contribution is 2.34. The molecule has 0 aliphatic rings. The van der Waals surface area contributed by atoms with Crippen LogP contribution in [0.15, 0.2) is 29.6 Å². The third-order valence-corrected chi connectivity index (χ3v) is 4.60. The highest BCUT2D eigenvalue weighted by molar-refractivity contribution is 7.10. The number of thiophene rings is 1. The fraction of sp³-hybridized carbons (Fsp3) is 0.286. The van der Waals surface area contributed by atoms with E-state index in [0.717, 1.165) is 11.3 Å². The number of anilines is 2. The van der Waals surface area contributed by atoms with Crippen molar-refractivity contribution < 1.29 is 0 Å². The maximum absolute atomic E-state index is 6.11. The van der Waals surface area contributed by atoms with Gasteiger partial charge in [0.25, 0.3) is 0 Å². The van der Waals surface area contributed by atoms with Crippen molar-refractivity contribution in [2.45, 2.75) is 19.9 Å². The number of rotatable bonds is 3. The van der Waals surface area contributed by atoms with Gasteiger partial charge in [-0.15, -0.1) is 11.3 Å². The van der Waals surface area contributed by atoms with Crippen molar-refractivity contribution in [3.05, 3.63) is 45.1 Å². The van der Waals surface area contributed by atoms with Gasteiger partial charge in [-0.05, 0) is 43.0 Å². The van der Waals surface area contributed by atoms with Gasteiger partial charge >= 0.3 is 0 Å². The third kappa shape index (κ3) is 2.47. The number of aryl methyl sites for hydroxylation is 1. The summed E-state index contributed by atoms with van der Waals surface area (Å²) < 4.78 is 0. The summed E-state index contributed by atoms with van der Waals surface area (Å²) in [5, 5.41) is 2.71. The first-order valence-corrected chi connectivity index (χ1v) is 7.08. The average molecular weight is 281 g/mol. The van der Waals surface area contributed by atoms with Crippen molar-refractivity contribution in [2.24, 2.45) is 0 Å². The van der Waals surface area contributed by atoms with E-state index in [0.29, 0.717) is 16.8 Å². The van der Waals surface area contributed by atoms with Crippen molar-refractivity contribution >= 4 is 34.3 Å². The van der Waals surface area contributed by atoms with Gasteiger partial charge < -0.3 is 10.6 Å². The Labute approximate surface area is 117 Å². The summed E-state index contributed by atoms with van der Waals surface area (Å²) in [4.78, 5) is 3.57. The Hall–Kier alpha value is -1.19. The summed E-state index contributed by atoms with van der Waals surface area (Å²) in [6.07, 6.45) is 0. The molecular formula is C14H17ClN2S. The molecule has 0 radical (unpaired) electrons. The molecule has 2 nitrogen and oxygen atoms in total. The van der Waals surface area contributed by atoms with Crippen LogP contribution in [0, 0.1) is 6.92 Å². The third-order valence-electron chi connectivity index (χ3n) is 3.23. The Kier molecular flexibility index (Phi) is 3.83. The van der Waals surface area contributed by atoms with Crippen LogP contribution in [-0.2, 0) is 0 Å². The molecule has 1 heterocycles. The minimum atomic E-state index is 0.323. The molecule has 0 fully saturated rings. The molecular weight excluding hydrogens is 264 g/mol. The highest BCUT2D eigenvalue weighted by atomic mass is 35.5. The zero-order valence-corrected chi connectivity index (χ0v) is 12.3. The molecule has 0 saturated heterocycles. The number of nitrogens with two attached hydrogens (primary N) is 1. The molecule has 2 N–H and O–H groups in total. The predicted octanol–water partition coefficient (Wildman–Crippen LogP) is 4.49. The molecule has 1 atom stereocenters. The zero-order chi connectivity index (χ0) is 13.3. The summed E-state index contributed by atoms with van der Waals surface area (Å²) >= 11 is 7.88. The molecule has 0 saturated carbocycles. The standard InChI is InChI=1S/C14H17ClN2S/c1-9-7-12(16)11(15)8-13(9)17(3)10(2)14-5-4-6-18-14/h4-8,10H,16H2,1-3H3. The quantitative estimate of drug-likeness (QED) is 0.840. The van der Waals surface area contributed by atoms with E-state index in [9.17, 15) is 0 Å². The first-order valence-electron chi connectivity index (χ1n) is 5.82. The summed E-state index contributed by atoms with van der Waals surface area (Å²) in [6, 6.07) is 8.42. The van der Waals surface area contributed by atoms with Crippen LogP contribution in [-0.4, -0.2) is 7.05 Å². The molecule has 0 amide bonds. The average Bonchev–Trinajstić information content (AvgIpc) is 2.85. The van der Waals surface area contributed by atoms with Crippen molar-refractivity contribution in [3.63, 3.8) is 0 Å². The van der Waals surface area contributed by atoms with Gasteiger partial charge in [-0.2, -0.15) is 0 Å². The lowest BCUT2D eigenvalue weighted by atomic mass is 10.1. The lowest BCUT2D eigenvalue weighted by Gasteiger charge is -2.28. The van der Waals surface area contributed by atoms with Crippen molar-refractivity contribution in [1.82, 2.24) is 0 Å². The first kappa shape index (κ1) is 13.2. The van der Waals surface area contributed by atoms with Gasteiger partial charge in [0.05, 0.1) is 16.8 Å². The highest BCUT2D eigenvalue weighted by Gasteiger charge is 2.16.